The second-order valence-corrected chi connectivity index (χ2v) is 9.83. The predicted molar refractivity (Wildman–Crippen MR) is 139 cm³/mol. The Kier molecular flexibility index (Phi) is 6.95. The van der Waals surface area contributed by atoms with Gasteiger partial charge in [-0.05, 0) is 70.9 Å². The van der Waals surface area contributed by atoms with E-state index >= 15 is 0 Å². The van der Waals surface area contributed by atoms with Crippen LogP contribution in [0.25, 0.3) is 11.2 Å². The zero-order valence-electron chi connectivity index (χ0n) is 21.3. The number of imidazole rings is 1. The minimum absolute atomic E-state index is 0.0246. The number of rotatable bonds is 7. The number of amides is 1. The maximum Gasteiger partial charge on any atom is 0.330 e. The molecule has 3 aromatic rings. The molecule has 0 bridgehead atoms. The molecule has 1 aliphatic carbocycles. The quantitative estimate of drug-likeness (QED) is 0.520. The van der Waals surface area contributed by atoms with Crippen molar-refractivity contribution in [3.8, 4) is 5.75 Å². The molecule has 1 amide bonds. The second kappa shape index (κ2) is 10.3. The van der Waals surface area contributed by atoms with Crippen molar-refractivity contribution in [1.29, 1.82) is 0 Å². The van der Waals surface area contributed by atoms with Gasteiger partial charge < -0.3 is 20.3 Å². The summed E-state index contributed by atoms with van der Waals surface area (Å²) in [7, 11) is 3.67. The van der Waals surface area contributed by atoms with Crippen LogP contribution in [0.5, 0.6) is 5.75 Å². The fourth-order valence-electron chi connectivity index (χ4n) is 5.39. The third kappa shape index (κ3) is 4.69. The summed E-state index contributed by atoms with van der Waals surface area (Å²) in [6.45, 7) is 4.50. The van der Waals surface area contributed by atoms with Gasteiger partial charge in [0.25, 0.3) is 5.91 Å². The van der Waals surface area contributed by atoms with Gasteiger partial charge in [0.05, 0.1) is 19.0 Å². The van der Waals surface area contributed by atoms with Crippen LogP contribution in [-0.2, 0) is 6.54 Å². The molecule has 36 heavy (non-hydrogen) atoms. The van der Waals surface area contributed by atoms with Gasteiger partial charge in [0.15, 0.2) is 5.65 Å². The number of aromatic nitrogens is 4. The summed E-state index contributed by atoms with van der Waals surface area (Å²) in [5.41, 5.74) is 2.57. The second-order valence-electron chi connectivity index (χ2n) is 9.83. The smallest absolute Gasteiger partial charge is 0.330 e. The zero-order valence-corrected chi connectivity index (χ0v) is 21.3. The molecule has 0 atom stereocenters. The van der Waals surface area contributed by atoms with Gasteiger partial charge in [-0.15, -0.1) is 0 Å². The lowest BCUT2D eigenvalue weighted by atomic mass is 10.0. The SMILES string of the molecule is CCn1c(=O)n(C2CCCC2)c2nc(Nc3ccc(C(=O)NC4CCN(C)CC4)cc3OC)ncc21. The largest absolute Gasteiger partial charge is 0.495 e. The minimum atomic E-state index is -0.103. The molecule has 0 spiro atoms. The Bertz CT molecular complexity index is 1300. The van der Waals surface area contributed by atoms with Crippen molar-refractivity contribution in [3.05, 3.63) is 40.4 Å². The van der Waals surface area contributed by atoms with Gasteiger partial charge in [0, 0.05) is 24.2 Å². The van der Waals surface area contributed by atoms with Gasteiger partial charge in [-0.25, -0.2) is 9.78 Å². The van der Waals surface area contributed by atoms with Gasteiger partial charge in [-0.1, -0.05) is 12.8 Å². The van der Waals surface area contributed by atoms with Crippen LogP contribution in [0.1, 0.15) is 61.8 Å². The van der Waals surface area contributed by atoms with Crippen molar-refractivity contribution in [2.45, 2.75) is 64.1 Å². The normalized spacial score (nSPS) is 17.5. The first-order valence-electron chi connectivity index (χ1n) is 12.9. The van der Waals surface area contributed by atoms with Crippen molar-refractivity contribution < 1.29 is 9.53 Å². The number of methoxy groups -OCH3 is 1. The van der Waals surface area contributed by atoms with Crippen LogP contribution in [0.4, 0.5) is 11.6 Å². The number of fused-ring (bicyclic) bond motifs is 1. The summed E-state index contributed by atoms with van der Waals surface area (Å²) in [6.07, 6.45) is 7.84. The van der Waals surface area contributed by atoms with Crippen LogP contribution >= 0.6 is 0 Å². The average molecular weight is 494 g/mol. The minimum Gasteiger partial charge on any atom is -0.495 e. The molecule has 2 fully saturated rings. The standard InChI is InChI=1S/C26H35N7O3/c1-4-32-21-16-27-25(30-23(21)33(26(32)35)19-7-5-6-8-19)29-20-10-9-17(15-22(20)36-3)24(34)28-18-11-13-31(2)14-12-18/h9-10,15-16,18-19H,4-8,11-14H2,1-3H3,(H,28,34)(H,27,29,30). The summed E-state index contributed by atoms with van der Waals surface area (Å²) in [4.78, 5) is 37.4. The fraction of sp³-hybridized carbons (Fsp3) is 0.538. The number of hydrogen-bond donors (Lipinski definition) is 2. The Morgan fingerprint density at radius 1 is 1.17 bits per heavy atom. The number of carbonyl (C=O) groups excluding carboxylic acids is 1. The lowest BCUT2D eigenvalue weighted by molar-refractivity contribution is 0.0916. The number of hydrogen-bond acceptors (Lipinski definition) is 7. The highest BCUT2D eigenvalue weighted by Crippen LogP contribution is 2.32. The zero-order chi connectivity index (χ0) is 25.2. The van der Waals surface area contributed by atoms with E-state index in [0.29, 0.717) is 35.1 Å². The molecule has 10 heteroatoms. The van der Waals surface area contributed by atoms with Crippen LogP contribution in [-0.4, -0.2) is 63.2 Å². The van der Waals surface area contributed by atoms with Gasteiger partial charge in [0.1, 0.15) is 11.3 Å². The molecular formula is C26H35N7O3. The van der Waals surface area contributed by atoms with Gasteiger partial charge in [0.2, 0.25) is 5.95 Å². The molecule has 1 saturated heterocycles. The van der Waals surface area contributed by atoms with Crippen LogP contribution in [0.15, 0.2) is 29.2 Å². The van der Waals surface area contributed by atoms with Crippen molar-refractivity contribution in [2.24, 2.45) is 0 Å². The summed E-state index contributed by atoms with van der Waals surface area (Å²) in [5.74, 6) is 0.798. The number of piperidine rings is 1. The molecule has 0 unspecified atom stereocenters. The van der Waals surface area contributed by atoms with Crippen LogP contribution in [0.3, 0.4) is 0 Å². The molecule has 192 valence electrons. The molecule has 5 rings (SSSR count). The first-order chi connectivity index (χ1) is 17.5. The van der Waals surface area contributed by atoms with E-state index < -0.39 is 0 Å². The number of carbonyl (C=O) groups is 1. The lowest BCUT2D eigenvalue weighted by Gasteiger charge is -2.29. The summed E-state index contributed by atoms with van der Waals surface area (Å²) in [5, 5.41) is 6.36. The molecule has 1 saturated carbocycles. The molecule has 2 N–H and O–H groups in total. The molecule has 0 radical (unpaired) electrons. The van der Waals surface area contributed by atoms with E-state index in [0.717, 1.165) is 57.1 Å². The summed E-state index contributed by atoms with van der Waals surface area (Å²) >= 11 is 0. The van der Waals surface area contributed by atoms with Gasteiger partial charge in [-0.3, -0.25) is 13.9 Å². The maximum absolute atomic E-state index is 13.1. The fourth-order valence-corrected chi connectivity index (χ4v) is 5.39. The number of ether oxygens (including phenoxy) is 1. The van der Waals surface area contributed by atoms with E-state index in [1.165, 1.54) is 0 Å². The Morgan fingerprint density at radius 3 is 2.61 bits per heavy atom. The lowest BCUT2D eigenvalue weighted by Crippen LogP contribution is -2.43. The molecule has 2 aliphatic rings. The van der Waals surface area contributed by atoms with E-state index in [2.05, 4.69) is 27.6 Å². The molecule has 1 aromatic carbocycles. The van der Waals surface area contributed by atoms with E-state index in [1.807, 2.05) is 11.5 Å². The summed E-state index contributed by atoms with van der Waals surface area (Å²) < 4.78 is 9.15. The molecule has 10 nitrogen and oxygen atoms in total. The number of aryl methyl sites for hydroxylation is 1. The first kappa shape index (κ1) is 24.3. The predicted octanol–water partition coefficient (Wildman–Crippen LogP) is 3.30. The van der Waals surface area contributed by atoms with E-state index in [-0.39, 0.29) is 23.7 Å². The Morgan fingerprint density at radius 2 is 1.92 bits per heavy atom. The molecule has 2 aromatic heterocycles. The topological polar surface area (TPSA) is 106 Å². The Hall–Kier alpha value is -3.40. The highest BCUT2D eigenvalue weighted by molar-refractivity contribution is 5.95. The number of nitrogens with one attached hydrogen (secondary N) is 2. The third-order valence-electron chi connectivity index (χ3n) is 7.48. The number of nitrogens with zero attached hydrogens (tertiary/aromatic N) is 5. The van der Waals surface area contributed by atoms with Crippen molar-refractivity contribution in [3.63, 3.8) is 0 Å². The van der Waals surface area contributed by atoms with Crippen molar-refractivity contribution >= 4 is 28.7 Å². The van der Waals surface area contributed by atoms with Crippen molar-refractivity contribution in [2.75, 3.05) is 32.6 Å². The average Bonchev–Trinajstić information content (AvgIpc) is 3.50. The Labute approximate surface area is 210 Å². The molecule has 1 aliphatic heterocycles. The highest BCUT2D eigenvalue weighted by Gasteiger charge is 2.25. The first-order valence-corrected chi connectivity index (χ1v) is 12.9. The van der Waals surface area contributed by atoms with Crippen LogP contribution < -0.4 is 21.1 Å². The number of anilines is 2. The van der Waals surface area contributed by atoms with E-state index in [1.54, 1.807) is 36.1 Å². The molecular weight excluding hydrogens is 458 g/mol. The van der Waals surface area contributed by atoms with Gasteiger partial charge in [-0.2, -0.15) is 4.98 Å². The number of likely N-dealkylation sites (tertiary alicyclic amines) is 1. The number of benzene rings is 1. The van der Waals surface area contributed by atoms with Gasteiger partial charge >= 0.3 is 5.69 Å². The van der Waals surface area contributed by atoms with Crippen LogP contribution in [0, 0.1) is 0 Å². The monoisotopic (exact) mass is 493 g/mol. The molecule has 3 heterocycles. The highest BCUT2D eigenvalue weighted by atomic mass is 16.5. The third-order valence-corrected chi connectivity index (χ3v) is 7.48. The van der Waals surface area contributed by atoms with E-state index in [4.69, 9.17) is 9.72 Å². The Balaban J connectivity index is 1.39. The van der Waals surface area contributed by atoms with Crippen LogP contribution in [0.2, 0.25) is 0 Å². The van der Waals surface area contributed by atoms with E-state index in [9.17, 15) is 9.59 Å². The van der Waals surface area contributed by atoms with Crippen molar-refractivity contribution in [1.82, 2.24) is 29.3 Å². The maximum atomic E-state index is 13.1. The summed E-state index contributed by atoms with van der Waals surface area (Å²) in [6, 6.07) is 5.66.